The van der Waals surface area contributed by atoms with Gasteiger partial charge in [-0.15, -0.1) is 0 Å². The van der Waals surface area contributed by atoms with Crippen LogP contribution in [0.3, 0.4) is 0 Å². The summed E-state index contributed by atoms with van der Waals surface area (Å²) in [5, 5.41) is 1.50. The van der Waals surface area contributed by atoms with Crippen LogP contribution >= 0.6 is 0 Å². The van der Waals surface area contributed by atoms with Crippen LogP contribution < -0.4 is 5.19 Å². The smallest absolute Gasteiger partial charge is 0.0111 e. The molecule has 2 rings (SSSR count). The summed E-state index contributed by atoms with van der Waals surface area (Å²) in [6.07, 6.45) is 3.78. The Hall–Kier alpha value is 0.0203. The van der Waals surface area contributed by atoms with E-state index in [1.807, 2.05) is 0 Å². The van der Waals surface area contributed by atoms with Crippen molar-refractivity contribution in [3.05, 3.63) is 36.1 Å². The SMILES string of the molecule is [Zn].c1ccc([SiH2][C-]2CCCCO2)cc1. The zero-order valence-corrected chi connectivity index (χ0v) is 12.9. The van der Waals surface area contributed by atoms with Crippen molar-refractivity contribution in [2.24, 2.45) is 0 Å². The molecule has 1 aromatic rings. The number of benzene rings is 1. The number of rotatable bonds is 2. The molecule has 1 saturated heterocycles. The summed E-state index contributed by atoms with van der Waals surface area (Å²) >= 11 is 0. The first kappa shape index (κ1) is 12.1. The molecule has 0 radical (unpaired) electrons. The monoisotopic (exact) mass is 255 g/mol. The second-order valence-electron chi connectivity index (χ2n) is 3.51. The van der Waals surface area contributed by atoms with Crippen LogP contribution in [0.2, 0.25) is 0 Å². The molecular weight excluding hydrogens is 242 g/mol. The molecule has 0 unspecified atom stereocenters. The van der Waals surface area contributed by atoms with E-state index in [-0.39, 0.29) is 29.0 Å². The molecule has 72 valence electrons. The van der Waals surface area contributed by atoms with E-state index in [2.05, 4.69) is 30.3 Å². The molecule has 14 heavy (non-hydrogen) atoms. The van der Waals surface area contributed by atoms with Crippen molar-refractivity contribution in [3.63, 3.8) is 0 Å². The first-order chi connectivity index (χ1) is 6.45. The summed E-state index contributed by atoms with van der Waals surface area (Å²) in [6, 6.07) is 10.7. The Balaban J connectivity index is 0.000000980. The van der Waals surface area contributed by atoms with E-state index in [1.165, 1.54) is 30.2 Å². The van der Waals surface area contributed by atoms with Gasteiger partial charge in [0.1, 0.15) is 0 Å². The minimum atomic E-state index is -0.263. The molecule has 3 heteroatoms. The molecule has 0 bridgehead atoms. The van der Waals surface area contributed by atoms with Crippen LogP contribution in [0.4, 0.5) is 0 Å². The van der Waals surface area contributed by atoms with Gasteiger partial charge >= 0.3 is 0 Å². The summed E-state index contributed by atoms with van der Waals surface area (Å²) in [5.74, 6) is 0. The second kappa shape index (κ2) is 6.49. The van der Waals surface area contributed by atoms with Gasteiger partial charge in [0.15, 0.2) is 0 Å². The maximum atomic E-state index is 5.66. The Morgan fingerprint density at radius 1 is 1.14 bits per heavy atom. The maximum Gasteiger partial charge on any atom is 0.0111 e. The summed E-state index contributed by atoms with van der Waals surface area (Å²) in [5.41, 5.74) is 1.40. The summed E-state index contributed by atoms with van der Waals surface area (Å²) < 4.78 is 5.66. The van der Waals surface area contributed by atoms with Crippen LogP contribution in [0.5, 0.6) is 0 Å². The number of hydrogen-bond donors (Lipinski definition) is 0. The standard InChI is InChI=1S/C11H15OSi.Zn/c1-2-6-10(7-3-1)13-11-8-4-5-9-12-11;/h1-3,6-7H,4-5,8-9,13H2;/q-1;. The van der Waals surface area contributed by atoms with E-state index in [0.717, 1.165) is 6.61 Å². The van der Waals surface area contributed by atoms with Crippen molar-refractivity contribution in [1.82, 2.24) is 0 Å². The van der Waals surface area contributed by atoms with E-state index >= 15 is 0 Å². The fourth-order valence-corrected chi connectivity index (χ4v) is 3.31. The topological polar surface area (TPSA) is 9.23 Å². The predicted octanol–water partition coefficient (Wildman–Crippen LogP) is 1.17. The third-order valence-electron chi connectivity index (χ3n) is 2.40. The molecule has 0 N–H and O–H groups in total. The molecule has 1 fully saturated rings. The van der Waals surface area contributed by atoms with Gasteiger partial charge in [0.05, 0.1) is 0 Å². The molecule has 0 atom stereocenters. The quantitative estimate of drug-likeness (QED) is 0.570. The summed E-state index contributed by atoms with van der Waals surface area (Å²) in [4.78, 5) is 0. The van der Waals surface area contributed by atoms with E-state index in [9.17, 15) is 0 Å². The molecule has 1 aliphatic rings. The van der Waals surface area contributed by atoms with Crippen LogP contribution in [0.25, 0.3) is 0 Å². The molecule has 1 aromatic carbocycles. The Bertz CT molecular complexity index is 247. The Morgan fingerprint density at radius 3 is 2.57 bits per heavy atom. The Kier molecular flexibility index (Phi) is 5.61. The first-order valence-corrected chi connectivity index (χ1v) is 6.38. The molecule has 0 aromatic heterocycles. The molecule has 1 nitrogen and oxygen atoms in total. The largest absolute Gasteiger partial charge is 0.551 e. The summed E-state index contributed by atoms with van der Waals surface area (Å²) in [7, 11) is -0.263. The van der Waals surface area contributed by atoms with Crippen molar-refractivity contribution >= 4 is 14.7 Å². The van der Waals surface area contributed by atoms with E-state index in [1.54, 1.807) is 0 Å². The van der Waals surface area contributed by atoms with Crippen molar-refractivity contribution in [1.29, 1.82) is 0 Å². The molecule has 0 saturated carbocycles. The molecule has 1 heterocycles. The van der Waals surface area contributed by atoms with E-state index in [4.69, 9.17) is 4.74 Å². The van der Waals surface area contributed by atoms with Gasteiger partial charge in [-0.3, -0.25) is 0 Å². The first-order valence-electron chi connectivity index (χ1n) is 4.96. The number of hydrogen-bond acceptors (Lipinski definition) is 1. The Morgan fingerprint density at radius 2 is 1.93 bits per heavy atom. The fourth-order valence-electron chi connectivity index (χ4n) is 1.68. The average molecular weight is 257 g/mol. The minimum absolute atomic E-state index is 0. The van der Waals surface area contributed by atoms with E-state index in [0.29, 0.717) is 0 Å². The second-order valence-corrected chi connectivity index (χ2v) is 5.47. The molecule has 0 amide bonds. The van der Waals surface area contributed by atoms with Gasteiger partial charge < -0.3 is 4.74 Å². The van der Waals surface area contributed by atoms with Crippen molar-refractivity contribution < 1.29 is 24.2 Å². The third kappa shape index (κ3) is 3.64. The van der Waals surface area contributed by atoms with Gasteiger partial charge in [0.2, 0.25) is 0 Å². The van der Waals surface area contributed by atoms with Gasteiger partial charge in [-0.1, -0.05) is 51.5 Å². The fraction of sp³-hybridized carbons (Fsp3) is 0.364. The zero-order chi connectivity index (χ0) is 8.93. The predicted molar refractivity (Wildman–Crippen MR) is 57.7 cm³/mol. The third-order valence-corrected chi connectivity index (χ3v) is 4.23. The Labute approximate surface area is 101 Å². The van der Waals surface area contributed by atoms with Crippen LogP contribution in [0.1, 0.15) is 19.3 Å². The molecule has 0 spiro atoms. The van der Waals surface area contributed by atoms with Gasteiger partial charge in [0, 0.05) is 26.1 Å². The maximum absolute atomic E-state index is 5.66. The molecule has 1 aliphatic heterocycles. The van der Waals surface area contributed by atoms with Crippen molar-refractivity contribution in [2.75, 3.05) is 6.61 Å². The van der Waals surface area contributed by atoms with Crippen molar-refractivity contribution in [2.45, 2.75) is 19.3 Å². The van der Waals surface area contributed by atoms with E-state index < -0.39 is 0 Å². The average Bonchev–Trinajstić information content (AvgIpc) is 2.21. The number of ether oxygens (including phenoxy) is 1. The zero-order valence-electron chi connectivity index (χ0n) is 8.54. The molecular formula is C11H15OSiZn-. The van der Waals surface area contributed by atoms with Crippen molar-refractivity contribution in [3.8, 4) is 0 Å². The van der Waals surface area contributed by atoms with Crippen LogP contribution in [0.15, 0.2) is 30.3 Å². The van der Waals surface area contributed by atoms with Crippen LogP contribution in [-0.4, -0.2) is 16.1 Å². The minimum Gasteiger partial charge on any atom is -0.551 e. The molecule has 0 aliphatic carbocycles. The van der Waals surface area contributed by atoms with Crippen LogP contribution in [0, 0.1) is 5.73 Å². The van der Waals surface area contributed by atoms with Gasteiger partial charge in [0.25, 0.3) is 0 Å². The normalized spacial score (nSPS) is 18.3. The van der Waals surface area contributed by atoms with Gasteiger partial charge in [-0.2, -0.15) is 12.1 Å². The van der Waals surface area contributed by atoms with Gasteiger partial charge in [-0.05, 0) is 6.42 Å². The summed E-state index contributed by atoms with van der Waals surface area (Å²) in [6.45, 7) is 0.954. The van der Waals surface area contributed by atoms with Gasteiger partial charge in [-0.25, -0.2) is 0 Å². The van der Waals surface area contributed by atoms with Crippen LogP contribution in [-0.2, 0) is 24.2 Å².